The Morgan fingerprint density at radius 1 is 1.31 bits per heavy atom. The van der Waals surface area contributed by atoms with E-state index in [2.05, 4.69) is 40.7 Å². The van der Waals surface area contributed by atoms with Gasteiger partial charge in [0.25, 0.3) is 0 Å². The molecule has 0 unspecified atom stereocenters. The summed E-state index contributed by atoms with van der Waals surface area (Å²) >= 11 is 0. The molecular weight excluding hydrogens is 202 g/mol. The molecule has 0 aliphatic rings. The average molecular weight is 219 g/mol. The largest absolute Gasteiger partial charge is 0.308 e. The number of nitrogens with one attached hydrogen (secondary N) is 2. The fourth-order valence-electron chi connectivity index (χ4n) is 1.48. The highest BCUT2D eigenvalue weighted by Crippen LogP contribution is 2.05. The third kappa shape index (κ3) is 2.70. The Balaban J connectivity index is 1.81. The van der Waals surface area contributed by atoms with Crippen LogP contribution in [-0.2, 0) is 13.1 Å². The van der Waals surface area contributed by atoms with Gasteiger partial charge in [-0.3, -0.25) is 9.78 Å². The SMILES string of the molecule is CC(C)n1cc(CNCc2cn[nH]c2)cn1. The monoisotopic (exact) mass is 219 g/mol. The lowest BCUT2D eigenvalue weighted by Crippen LogP contribution is -2.11. The maximum atomic E-state index is 4.29. The fraction of sp³-hybridized carbons (Fsp3) is 0.455. The molecule has 16 heavy (non-hydrogen) atoms. The molecule has 0 aliphatic heterocycles. The molecule has 0 radical (unpaired) electrons. The molecule has 0 aromatic carbocycles. The zero-order valence-corrected chi connectivity index (χ0v) is 9.64. The Hall–Kier alpha value is -1.62. The van der Waals surface area contributed by atoms with Gasteiger partial charge in [-0.25, -0.2) is 0 Å². The molecule has 2 rings (SSSR count). The van der Waals surface area contributed by atoms with E-state index in [4.69, 9.17) is 0 Å². The normalized spacial score (nSPS) is 11.2. The van der Waals surface area contributed by atoms with E-state index < -0.39 is 0 Å². The third-order valence-corrected chi connectivity index (χ3v) is 2.40. The van der Waals surface area contributed by atoms with Crippen LogP contribution in [0, 0.1) is 0 Å². The van der Waals surface area contributed by atoms with Gasteiger partial charge in [-0.1, -0.05) is 0 Å². The predicted molar refractivity (Wildman–Crippen MR) is 61.7 cm³/mol. The lowest BCUT2D eigenvalue weighted by atomic mass is 10.3. The molecule has 2 heterocycles. The van der Waals surface area contributed by atoms with Crippen LogP contribution in [0.15, 0.2) is 24.8 Å². The Kier molecular flexibility index (Phi) is 3.36. The zero-order valence-electron chi connectivity index (χ0n) is 9.64. The first-order valence-corrected chi connectivity index (χ1v) is 5.47. The van der Waals surface area contributed by atoms with Crippen molar-refractivity contribution in [2.75, 3.05) is 0 Å². The Morgan fingerprint density at radius 2 is 2.12 bits per heavy atom. The zero-order chi connectivity index (χ0) is 11.4. The summed E-state index contributed by atoms with van der Waals surface area (Å²) in [6, 6.07) is 0.419. The van der Waals surface area contributed by atoms with Crippen LogP contribution in [0.2, 0.25) is 0 Å². The van der Waals surface area contributed by atoms with Crippen LogP contribution in [0.5, 0.6) is 0 Å². The summed E-state index contributed by atoms with van der Waals surface area (Å²) in [6.07, 6.45) is 7.70. The first-order chi connectivity index (χ1) is 7.75. The van der Waals surface area contributed by atoms with Crippen molar-refractivity contribution in [2.45, 2.75) is 33.0 Å². The van der Waals surface area contributed by atoms with Gasteiger partial charge in [0.2, 0.25) is 0 Å². The quantitative estimate of drug-likeness (QED) is 0.800. The second kappa shape index (κ2) is 4.94. The van der Waals surface area contributed by atoms with E-state index in [1.807, 2.05) is 23.3 Å². The van der Waals surface area contributed by atoms with Crippen LogP contribution in [0.1, 0.15) is 31.0 Å². The Labute approximate surface area is 94.9 Å². The highest BCUT2D eigenvalue weighted by molar-refractivity contribution is 5.06. The summed E-state index contributed by atoms with van der Waals surface area (Å²) in [7, 11) is 0. The molecule has 0 fully saturated rings. The number of nitrogens with zero attached hydrogens (tertiary/aromatic N) is 3. The number of rotatable bonds is 5. The third-order valence-electron chi connectivity index (χ3n) is 2.40. The van der Waals surface area contributed by atoms with Crippen molar-refractivity contribution in [3.63, 3.8) is 0 Å². The molecule has 0 saturated heterocycles. The van der Waals surface area contributed by atoms with E-state index in [1.54, 1.807) is 0 Å². The van der Waals surface area contributed by atoms with Crippen molar-refractivity contribution in [1.29, 1.82) is 0 Å². The molecule has 86 valence electrons. The maximum absolute atomic E-state index is 4.29. The number of aromatic nitrogens is 4. The Bertz CT molecular complexity index is 415. The van der Waals surface area contributed by atoms with E-state index in [1.165, 1.54) is 5.56 Å². The van der Waals surface area contributed by atoms with Crippen LogP contribution in [-0.4, -0.2) is 20.0 Å². The smallest absolute Gasteiger partial charge is 0.0534 e. The van der Waals surface area contributed by atoms with E-state index in [0.29, 0.717) is 6.04 Å². The van der Waals surface area contributed by atoms with Gasteiger partial charge >= 0.3 is 0 Å². The molecule has 2 aromatic rings. The average Bonchev–Trinajstić information content (AvgIpc) is 2.87. The summed E-state index contributed by atoms with van der Waals surface area (Å²) in [4.78, 5) is 0. The van der Waals surface area contributed by atoms with Gasteiger partial charge in [-0.05, 0) is 13.8 Å². The Morgan fingerprint density at radius 3 is 2.75 bits per heavy atom. The van der Waals surface area contributed by atoms with E-state index in [-0.39, 0.29) is 0 Å². The summed E-state index contributed by atoms with van der Waals surface area (Å²) in [5.74, 6) is 0. The van der Waals surface area contributed by atoms with Gasteiger partial charge in [0.05, 0.1) is 12.4 Å². The molecule has 0 aliphatic carbocycles. The maximum Gasteiger partial charge on any atom is 0.0534 e. The van der Waals surface area contributed by atoms with Crippen molar-refractivity contribution in [3.8, 4) is 0 Å². The molecule has 2 aromatic heterocycles. The van der Waals surface area contributed by atoms with Crippen molar-refractivity contribution in [2.24, 2.45) is 0 Å². The van der Waals surface area contributed by atoms with Crippen molar-refractivity contribution >= 4 is 0 Å². The second-order valence-corrected chi connectivity index (χ2v) is 4.13. The first kappa shape index (κ1) is 10.9. The number of hydrogen-bond donors (Lipinski definition) is 2. The van der Waals surface area contributed by atoms with Crippen molar-refractivity contribution < 1.29 is 0 Å². The van der Waals surface area contributed by atoms with Gasteiger partial charge in [0.1, 0.15) is 0 Å². The predicted octanol–water partition coefficient (Wildman–Crippen LogP) is 1.48. The molecule has 0 saturated carbocycles. The van der Waals surface area contributed by atoms with Crippen LogP contribution >= 0.6 is 0 Å². The van der Waals surface area contributed by atoms with Gasteiger partial charge in [-0.2, -0.15) is 10.2 Å². The minimum Gasteiger partial charge on any atom is -0.308 e. The summed E-state index contributed by atoms with van der Waals surface area (Å²) in [6.45, 7) is 5.90. The lowest BCUT2D eigenvalue weighted by molar-refractivity contribution is 0.531. The molecule has 0 amide bonds. The van der Waals surface area contributed by atoms with Crippen LogP contribution in [0.25, 0.3) is 0 Å². The lowest BCUT2D eigenvalue weighted by Gasteiger charge is -2.03. The molecule has 0 atom stereocenters. The van der Waals surface area contributed by atoms with E-state index in [9.17, 15) is 0 Å². The summed E-state index contributed by atoms with van der Waals surface area (Å²) < 4.78 is 1.97. The molecule has 0 spiro atoms. The van der Waals surface area contributed by atoms with Crippen molar-refractivity contribution in [1.82, 2.24) is 25.3 Å². The molecule has 0 bridgehead atoms. The standard InChI is InChI=1S/C11H17N5/c1-9(2)16-8-11(7-15-16)4-12-3-10-5-13-14-6-10/h5-9,12H,3-4H2,1-2H3,(H,13,14). The molecule has 5 heteroatoms. The topological polar surface area (TPSA) is 58.5 Å². The summed E-state index contributed by atoms with van der Waals surface area (Å²) in [5, 5.41) is 14.3. The van der Waals surface area contributed by atoms with E-state index in [0.717, 1.165) is 18.7 Å². The number of H-pyrrole nitrogens is 1. The van der Waals surface area contributed by atoms with Crippen LogP contribution in [0.3, 0.4) is 0 Å². The number of hydrogen-bond acceptors (Lipinski definition) is 3. The minimum atomic E-state index is 0.419. The second-order valence-electron chi connectivity index (χ2n) is 4.13. The highest BCUT2D eigenvalue weighted by atomic mass is 15.3. The summed E-state index contributed by atoms with van der Waals surface area (Å²) in [5.41, 5.74) is 2.37. The van der Waals surface area contributed by atoms with Crippen LogP contribution in [0.4, 0.5) is 0 Å². The van der Waals surface area contributed by atoms with Gasteiger partial charge in [0, 0.05) is 42.7 Å². The molecule has 2 N–H and O–H groups in total. The molecule has 5 nitrogen and oxygen atoms in total. The van der Waals surface area contributed by atoms with Gasteiger partial charge in [0.15, 0.2) is 0 Å². The highest BCUT2D eigenvalue weighted by Gasteiger charge is 2.01. The number of aromatic amines is 1. The molecular formula is C11H17N5. The van der Waals surface area contributed by atoms with Crippen LogP contribution < -0.4 is 5.32 Å². The van der Waals surface area contributed by atoms with Crippen molar-refractivity contribution in [3.05, 3.63) is 35.9 Å². The fourth-order valence-corrected chi connectivity index (χ4v) is 1.48. The van der Waals surface area contributed by atoms with Gasteiger partial charge < -0.3 is 5.32 Å². The minimum absolute atomic E-state index is 0.419. The van der Waals surface area contributed by atoms with E-state index >= 15 is 0 Å². The van der Waals surface area contributed by atoms with Gasteiger partial charge in [-0.15, -0.1) is 0 Å². The first-order valence-electron chi connectivity index (χ1n) is 5.47.